The van der Waals surface area contributed by atoms with E-state index in [1.165, 1.54) is 4.52 Å². The Labute approximate surface area is 120 Å². The predicted molar refractivity (Wildman–Crippen MR) is 74.8 cm³/mol. The van der Waals surface area contributed by atoms with Crippen LogP contribution in [-0.4, -0.2) is 41.6 Å². The van der Waals surface area contributed by atoms with E-state index in [1.54, 1.807) is 24.8 Å². The van der Waals surface area contributed by atoms with E-state index in [2.05, 4.69) is 25.4 Å². The number of nitrogens with zero attached hydrogens (tertiary/aromatic N) is 6. The fourth-order valence-corrected chi connectivity index (χ4v) is 1.97. The fourth-order valence-electron chi connectivity index (χ4n) is 1.97. The summed E-state index contributed by atoms with van der Waals surface area (Å²) >= 11 is 0. The third-order valence-electron chi connectivity index (χ3n) is 3.30. The molecular formula is C13H15N7O. The van der Waals surface area contributed by atoms with Gasteiger partial charge in [0.1, 0.15) is 0 Å². The number of aryl methyl sites for hydroxylation is 1. The quantitative estimate of drug-likeness (QED) is 0.748. The van der Waals surface area contributed by atoms with Crippen molar-refractivity contribution in [3.05, 3.63) is 42.0 Å². The Morgan fingerprint density at radius 2 is 2.19 bits per heavy atom. The molecule has 3 aromatic rings. The first-order chi connectivity index (χ1) is 10.1. The van der Waals surface area contributed by atoms with Crippen LogP contribution < -0.4 is 5.32 Å². The van der Waals surface area contributed by atoms with Crippen molar-refractivity contribution in [2.45, 2.75) is 20.4 Å². The van der Waals surface area contributed by atoms with E-state index < -0.39 is 0 Å². The Morgan fingerprint density at radius 3 is 2.90 bits per heavy atom. The zero-order valence-electron chi connectivity index (χ0n) is 11.8. The SMILES string of the molecule is Cc1ncn(CCNC(=O)c2nc3ncccn3n2)c1C. The van der Waals surface area contributed by atoms with E-state index in [4.69, 9.17) is 0 Å². The number of hydrogen-bond acceptors (Lipinski definition) is 5. The minimum absolute atomic E-state index is 0.118. The maximum Gasteiger partial charge on any atom is 0.291 e. The molecule has 0 aromatic carbocycles. The number of carbonyl (C=O) groups is 1. The molecule has 0 radical (unpaired) electrons. The summed E-state index contributed by atoms with van der Waals surface area (Å²) in [6, 6.07) is 1.73. The molecule has 0 aliphatic heterocycles. The Morgan fingerprint density at radius 1 is 1.33 bits per heavy atom. The van der Waals surface area contributed by atoms with E-state index in [0.717, 1.165) is 11.4 Å². The van der Waals surface area contributed by atoms with E-state index in [1.807, 2.05) is 18.4 Å². The number of amides is 1. The van der Waals surface area contributed by atoms with E-state index >= 15 is 0 Å². The first-order valence-electron chi connectivity index (χ1n) is 6.59. The van der Waals surface area contributed by atoms with Crippen molar-refractivity contribution in [1.29, 1.82) is 0 Å². The number of imidazole rings is 1. The normalized spacial score (nSPS) is 11.0. The maximum atomic E-state index is 12.0. The van der Waals surface area contributed by atoms with E-state index in [9.17, 15) is 4.79 Å². The number of nitrogens with one attached hydrogen (secondary N) is 1. The molecule has 1 amide bonds. The topological polar surface area (TPSA) is 90.0 Å². The lowest BCUT2D eigenvalue weighted by atomic mass is 10.4. The molecule has 0 fully saturated rings. The summed E-state index contributed by atoms with van der Waals surface area (Å²) in [5.41, 5.74) is 2.09. The molecule has 8 nitrogen and oxygen atoms in total. The zero-order chi connectivity index (χ0) is 14.8. The molecule has 108 valence electrons. The fraction of sp³-hybridized carbons (Fsp3) is 0.308. The van der Waals surface area contributed by atoms with Gasteiger partial charge in [-0.3, -0.25) is 4.79 Å². The van der Waals surface area contributed by atoms with Crippen molar-refractivity contribution >= 4 is 11.7 Å². The molecule has 0 spiro atoms. The van der Waals surface area contributed by atoms with Crippen molar-refractivity contribution < 1.29 is 4.79 Å². The monoisotopic (exact) mass is 285 g/mol. The summed E-state index contributed by atoms with van der Waals surface area (Å²) in [6.45, 7) is 5.10. The summed E-state index contributed by atoms with van der Waals surface area (Å²) in [4.78, 5) is 24.3. The van der Waals surface area contributed by atoms with Gasteiger partial charge in [0.15, 0.2) is 0 Å². The molecule has 0 unspecified atom stereocenters. The Kier molecular flexibility index (Phi) is 3.35. The van der Waals surface area contributed by atoms with Crippen LogP contribution in [0.1, 0.15) is 22.0 Å². The highest BCUT2D eigenvalue weighted by Gasteiger charge is 2.12. The molecule has 0 saturated heterocycles. The lowest BCUT2D eigenvalue weighted by molar-refractivity contribution is 0.0942. The van der Waals surface area contributed by atoms with Crippen LogP contribution in [0.5, 0.6) is 0 Å². The van der Waals surface area contributed by atoms with E-state index in [0.29, 0.717) is 18.9 Å². The highest BCUT2D eigenvalue weighted by Crippen LogP contribution is 2.03. The van der Waals surface area contributed by atoms with Crippen molar-refractivity contribution in [2.24, 2.45) is 0 Å². The lowest BCUT2D eigenvalue weighted by Crippen LogP contribution is -2.28. The van der Waals surface area contributed by atoms with Gasteiger partial charge in [0.05, 0.1) is 12.0 Å². The summed E-state index contributed by atoms with van der Waals surface area (Å²) in [6.07, 6.45) is 5.07. The second-order valence-electron chi connectivity index (χ2n) is 4.66. The largest absolute Gasteiger partial charge is 0.347 e. The first kappa shape index (κ1) is 13.2. The number of aromatic nitrogens is 6. The van der Waals surface area contributed by atoms with Gasteiger partial charge in [-0.15, -0.1) is 5.10 Å². The van der Waals surface area contributed by atoms with Gasteiger partial charge in [-0.25, -0.2) is 14.5 Å². The molecule has 0 saturated carbocycles. The Bertz CT molecular complexity index is 756. The molecule has 0 aliphatic carbocycles. The van der Waals surface area contributed by atoms with Gasteiger partial charge in [-0.05, 0) is 19.9 Å². The summed E-state index contributed by atoms with van der Waals surface area (Å²) in [5, 5.41) is 6.86. The summed E-state index contributed by atoms with van der Waals surface area (Å²) < 4.78 is 3.46. The van der Waals surface area contributed by atoms with Crippen LogP contribution in [0.3, 0.4) is 0 Å². The van der Waals surface area contributed by atoms with Crippen LogP contribution in [0.25, 0.3) is 5.78 Å². The molecule has 0 bridgehead atoms. The highest BCUT2D eigenvalue weighted by atomic mass is 16.2. The van der Waals surface area contributed by atoms with Gasteiger partial charge in [-0.2, -0.15) is 4.98 Å². The molecule has 21 heavy (non-hydrogen) atoms. The molecule has 3 rings (SSSR count). The Balaban J connectivity index is 1.62. The molecular weight excluding hydrogens is 270 g/mol. The molecule has 1 N–H and O–H groups in total. The van der Waals surface area contributed by atoms with Gasteiger partial charge in [-0.1, -0.05) is 0 Å². The number of carbonyl (C=O) groups excluding carboxylic acids is 1. The van der Waals surface area contributed by atoms with Crippen LogP contribution in [0, 0.1) is 13.8 Å². The smallest absolute Gasteiger partial charge is 0.291 e. The van der Waals surface area contributed by atoms with Gasteiger partial charge in [0, 0.05) is 31.2 Å². The third-order valence-corrected chi connectivity index (χ3v) is 3.30. The number of hydrogen-bond donors (Lipinski definition) is 1. The van der Waals surface area contributed by atoms with Gasteiger partial charge in [0.2, 0.25) is 5.82 Å². The van der Waals surface area contributed by atoms with E-state index in [-0.39, 0.29) is 11.7 Å². The van der Waals surface area contributed by atoms with Crippen LogP contribution in [0.2, 0.25) is 0 Å². The molecule has 0 aliphatic rings. The summed E-state index contributed by atoms with van der Waals surface area (Å²) in [5.74, 6) is 0.214. The summed E-state index contributed by atoms with van der Waals surface area (Å²) in [7, 11) is 0. The Hall–Kier alpha value is -2.77. The average Bonchev–Trinajstić information content (AvgIpc) is 3.05. The highest BCUT2D eigenvalue weighted by molar-refractivity contribution is 5.90. The number of fused-ring (bicyclic) bond motifs is 1. The van der Waals surface area contributed by atoms with Gasteiger partial charge >= 0.3 is 0 Å². The predicted octanol–water partition coefficient (Wildman–Crippen LogP) is 0.368. The van der Waals surface area contributed by atoms with Crippen molar-refractivity contribution in [3.63, 3.8) is 0 Å². The second kappa shape index (κ2) is 5.31. The van der Waals surface area contributed by atoms with Crippen LogP contribution in [0.15, 0.2) is 24.8 Å². The molecule has 0 atom stereocenters. The minimum Gasteiger partial charge on any atom is -0.347 e. The standard InChI is InChI=1S/C13H15N7O/c1-9-10(2)19(8-16-9)7-5-14-12(21)11-17-13-15-4-3-6-20(13)18-11/h3-4,6,8H,5,7H2,1-2H3,(H,14,21). The molecule has 3 heterocycles. The van der Waals surface area contributed by atoms with Crippen LogP contribution in [0.4, 0.5) is 0 Å². The van der Waals surface area contributed by atoms with Gasteiger partial charge < -0.3 is 9.88 Å². The van der Waals surface area contributed by atoms with Crippen molar-refractivity contribution in [2.75, 3.05) is 6.54 Å². The first-order valence-corrected chi connectivity index (χ1v) is 6.59. The molecule has 3 aromatic heterocycles. The third kappa shape index (κ3) is 2.60. The van der Waals surface area contributed by atoms with Crippen molar-refractivity contribution in [3.8, 4) is 0 Å². The second-order valence-corrected chi connectivity index (χ2v) is 4.66. The van der Waals surface area contributed by atoms with Crippen LogP contribution in [-0.2, 0) is 6.54 Å². The lowest BCUT2D eigenvalue weighted by Gasteiger charge is -2.06. The van der Waals surface area contributed by atoms with Crippen molar-refractivity contribution in [1.82, 2.24) is 34.4 Å². The number of rotatable bonds is 4. The zero-order valence-corrected chi connectivity index (χ0v) is 11.8. The average molecular weight is 285 g/mol. The van der Waals surface area contributed by atoms with Gasteiger partial charge in [0.25, 0.3) is 11.7 Å². The minimum atomic E-state index is -0.310. The molecule has 8 heteroatoms. The maximum absolute atomic E-state index is 12.0. The van der Waals surface area contributed by atoms with Crippen LogP contribution >= 0.6 is 0 Å².